The summed E-state index contributed by atoms with van der Waals surface area (Å²) < 4.78 is 0. The molecule has 1 atom stereocenters. The average Bonchev–Trinajstić information content (AvgIpc) is 3.55. The van der Waals surface area contributed by atoms with Crippen LogP contribution in [0.4, 0.5) is 17.5 Å². The molecule has 2 heterocycles. The number of rotatable bonds is 10. The van der Waals surface area contributed by atoms with Gasteiger partial charge in [-0.2, -0.15) is 4.98 Å². The van der Waals surface area contributed by atoms with Gasteiger partial charge in [-0.15, -0.1) is 0 Å². The summed E-state index contributed by atoms with van der Waals surface area (Å²) in [5, 5.41) is 6.14. The van der Waals surface area contributed by atoms with Crippen LogP contribution >= 0.6 is 0 Å². The molecule has 0 radical (unpaired) electrons. The van der Waals surface area contributed by atoms with Crippen molar-refractivity contribution in [3.05, 3.63) is 47.8 Å². The molecule has 2 aromatic rings. The molecule has 4 N–H and O–H groups in total. The molecule has 9 heteroatoms. The highest BCUT2D eigenvalue weighted by Crippen LogP contribution is 2.31. The Labute approximate surface area is 212 Å². The highest BCUT2D eigenvalue weighted by Gasteiger charge is 2.30. The van der Waals surface area contributed by atoms with E-state index in [-0.39, 0.29) is 23.9 Å². The standard InChI is InChI=1S/C27H35N7O2/c1-18(2)30-16-22(14-28)19-7-9-23(10-8-19)32-27-31-15-21(13-20-11-12-29-26(20)36)25(33-27)34(17-35)24-5-3-4-6-24/h7-10,14-18,20,24H,3-6,11-13,28H2,1-2H3,(H,29,36)(H,31,32,33)/b22-14+,30-16?. The molecule has 2 fully saturated rings. The summed E-state index contributed by atoms with van der Waals surface area (Å²) in [6, 6.07) is 8.07. The molecule has 1 saturated carbocycles. The van der Waals surface area contributed by atoms with Crippen molar-refractivity contribution in [3.8, 4) is 0 Å². The van der Waals surface area contributed by atoms with Gasteiger partial charge in [0, 0.05) is 60.0 Å². The molecule has 1 unspecified atom stereocenters. The van der Waals surface area contributed by atoms with Gasteiger partial charge in [0.1, 0.15) is 5.82 Å². The van der Waals surface area contributed by atoms with E-state index < -0.39 is 0 Å². The third-order valence-electron chi connectivity index (χ3n) is 6.71. The topological polar surface area (TPSA) is 126 Å². The lowest BCUT2D eigenvalue weighted by atomic mass is 9.99. The summed E-state index contributed by atoms with van der Waals surface area (Å²) in [5.74, 6) is 0.910. The number of nitrogens with one attached hydrogen (secondary N) is 2. The lowest BCUT2D eigenvalue weighted by Gasteiger charge is -2.26. The first-order chi connectivity index (χ1) is 17.5. The van der Waals surface area contributed by atoms with Crippen LogP contribution in [-0.2, 0) is 16.0 Å². The van der Waals surface area contributed by atoms with Crippen molar-refractivity contribution < 1.29 is 9.59 Å². The maximum atomic E-state index is 12.2. The number of benzene rings is 1. The predicted octanol–water partition coefficient (Wildman–Crippen LogP) is 3.58. The summed E-state index contributed by atoms with van der Waals surface area (Å²) >= 11 is 0. The highest BCUT2D eigenvalue weighted by atomic mass is 16.2. The van der Waals surface area contributed by atoms with Gasteiger partial charge in [0.05, 0.1) is 0 Å². The number of hydrogen-bond acceptors (Lipinski definition) is 7. The van der Waals surface area contributed by atoms with Crippen molar-refractivity contribution >= 4 is 41.6 Å². The van der Waals surface area contributed by atoms with Crippen LogP contribution < -0.4 is 21.3 Å². The van der Waals surface area contributed by atoms with Crippen LogP contribution in [0, 0.1) is 5.92 Å². The summed E-state index contributed by atoms with van der Waals surface area (Å²) in [6.07, 6.45) is 11.3. The van der Waals surface area contributed by atoms with Crippen LogP contribution in [0.15, 0.2) is 41.7 Å². The monoisotopic (exact) mass is 489 g/mol. The number of amides is 2. The van der Waals surface area contributed by atoms with E-state index in [1.54, 1.807) is 23.5 Å². The van der Waals surface area contributed by atoms with Gasteiger partial charge in [-0.3, -0.25) is 19.5 Å². The van der Waals surface area contributed by atoms with Gasteiger partial charge in [-0.25, -0.2) is 4.98 Å². The fourth-order valence-electron chi connectivity index (χ4n) is 4.74. The van der Waals surface area contributed by atoms with Crippen molar-refractivity contribution in [3.63, 3.8) is 0 Å². The number of carbonyl (C=O) groups is 2. The van der Waals surface area contributed by atoms with E-state index >= 15 is 0 Å². The van der Waals surface area contributed by atoms with E-state index in [0.717, 1.165) is 60.9 Å². The van der Waals surface area contributed by atoms with Crippen LogP contribution in [0.25, 0.3) is 5.57 Å². The normalized spacial score (nSPS) is 18.7. The fourth-order valence-corrected chi connectivity index (χ4v) is 4.74. The van der Waals surface area contributed by atoms with Gasteiger partial charge in [-0.05, 0) is 57.2 Å². The maximum Gasteiger partial charge on any atom is 0.229 e. The first kappa shape index (κ1) is 25.3. The Morgan fingerprint density at radius 2 is 2.00 bits per heavy atom. The Balaban J connectivity index is 1.57. The molecule has 1 aliphatic heterocycles. The predicted molar refractivity (Wildman–Crippen MR) is 143 cm³/mol. The second kappa shape index (κ2) is 11.8. The van der Waals surface area contributed by atoms with Crippen LogP contribution in [0.3, 0.4) is 0 Å². The Bertz CT molecular complexity index is 1120. The molecule has 0 spiro atoms. The van der Waals surface area contributed by atoms with Gasteiger partial charge >= 0.3 is 0 Å². The SMILES string of the molecule is CC(C)N=C/C(=C\N)c1ccc(Nc2ncc(CC3CCNC3=O)c(N(C=O)C3CCCC3)n2)cc1. The van der Waals surface area contributed by atoms with E-state index in [2.05, 4.69) is 20.6 Å². The minimum absolute atomic E-state index is 0.0473. The zero-order valence-corrected chi connectivity index (χ0v) is 21.0. The molecule has 1 aromatic heterocycles. The fraction of sp³-hybridized carbons (Fsp3) is 0.444. The van der Waals surface area contributed by atoms with Gasteiger partial charge in [0.25, 0.3) is 0 Å². The minimum Gasteiger partial charge on any atom is -0.404 e. The number of nitrogens with zero attached hydrogens (tertiary/aromatic N) is 4. The Kier molecular flexibility index (Phi) is 8.30. The minimum atomic E-state index is -0.125. The molecule has 1 aliphatic carbocycles. The summed E-state index contributed by atoms with van der Waals surface area (Å²) in [5.41, 5.74) is 9.22. The number of nitrogens with two attached hydrogens (primary N) is 1. The van der Waals surface area contributed by atoms with Gasteiger partial charge in [0.15, 0.2) is 0 Å². The number of allylic oxidation sites excluding steroid dienone is 1. The number of carbonyl (C=O) groups excluding carboxylic acids is 2. The number of hydrogen-bond donors (Lipinski definition) is 3. The van der Waals surface area contributed by atoms with Crippen LogP contribution in [0.2, 0.25) is 0 Å². The molecular formula is C27H35N7O2. The first-order valence-electron chi connectivity index (χ1n) is 12.7. The average molecular weight is 490 g/mol. The molecule has 36 heavy (non-hydrogen) atoms. The van der Waals surface area contributed by atoms with Gasteiger partial charge in [0.2, 0.25) is 18.3 Å². The zero-order valence-electron chi connectivity index (χ0n) is 21.0. The van der Waals surface area contributed by atoms with E-state index in [1.165, 1.54) is 0 Å². The lowest BCUT2D eigenvalue weighted by molar-refractivity contribution is -0.122. The Morgan fingerprint density at radius 1 is 1.25 bits per heavy atom. The van der Waals surface area contributed by atoms with E-state index in [0.29, 0.717) is 24.7 Å². The molecule has 2 amide bonds. The highest BCUT2D eigenvalue weighted by molar-refractivity contribution is 6.09. The Morgan fingerprint density at radius 3 is 2.61 bits per heavy atom. The summed E-state index contributed by atoms with van der Waals surface area (Å²) in [7, 11) is 0. The van der Waals surface area contributed by atoms with Crippen LogP contribution in [-0.4, -0.2) is 47.1 Å². The lowest BCUT2D eigenvalue weighted by Crippen LogP contribution is -2.34. The summed E-state index contributed by atoms with van der Waals surface area (Å²) in [6.45, 7) is 4.70. The van der Waals surface area contributed by atoms with Crippen LogP contribution in [0.5, 0.6) is 0 Å². The molecule has 9 nitrogen and oxygen atoms in total. The summed E-state index contributed by atoms with van der Waals surface area (Å²) in [4.78, 5) is 39.8. The molecule has 1 aromatic carbocycles. The van der Waals surface area contributed by atoms with Crippen molar-refractivity contribution in [2.75, 3.05) is 16.8 Å². The Hall–Kier alpha value is -3.75. The third kappa shape index (κ3) is 6.08. The second-order valence-electron chi connectivity index (χ2n) is 9.67. The van der Waals surface area contributed by atoms with E-state index in [4.69, 9.17) is 10.7 Å². The zero-order chi connectivity index (χ0) is 25.5. The molecular weight excluding hydrogens is 454 g/mol. The third-order valence-corrected chi connectivity index (χ3v) is 6.71. The number of aliphatic imine (C=N–C) groups is 1. The van der Waals surface area contributed by atoms with Crippen molar-refractivity contribution in [2.45, 2.75) is 64.5 Å². The molecule has 4 rings (SSSR count). The smallest absolute Gasteiger partial charge is 0.229 e. The molecule has 2 aliphatic rings. The quantitative estimate of drug-likeness (QED) is 0.346. The van der Waals surface area contributed by atoms with E-state index in [9.17, 15) is 9.59 Å². The number of anilines is 3. The number of aromatic nitrogens is 2. The molecule has 0 bridgehead atoms. The van der Waals surface area contributed by atoms with Crippen molar-refractivity contribution in [1.29, 1.82) is 0 Å². The van der Waals surface area contributed by atoms with Crippen LogP contribution in [0.1, 0.15) is 57.1 Å². The van der Waals surface area contributed by atoms with Crippen molar-refractivity contribution in [2.24, 2.45) is 16.6 Å². The largest absolute Gasteiger partial charge is 0.404 e. The second-order valence-corrected chi connectivity index (χ2v) is 9.67. The maximum absolute atomic E-state index is 12.2. The van der Waals surface area contributed by atoms with Gasteiger partial charge < -0.3 is 16.4 Å². The van der Waals surface area contributed by atoms with Crippen molar-refractivity contribution in [1.82, 2.24) is 15.3 Å². The first-order valence-corrected chi connectivity index (χ1v) is 12.7. The van der Waals surface area contributed by atoms with Gasteiger partial charge in [-0.1, -0.05) is 25.0 Å². The molecule has 190 valence electrons. The van der Waals surface area contributed by atoms with E-state index in [1.807, 2.05) is 38.1 Å². The molecule has 1 saturated heterocycles.